The average Bonchev–Trinajstić information content (AvgIpc) is 2.98. The molecule has 0 bridgehead atoms. The Morgan fingerprint density at radius 1 is 1.12 bits per heavy atom. The third-order valence-electron chi connectivity index (χ3n) is 3.28. The molecule has 2 N–H and O–H groups in total. The predicted octanol–water partition coefficient (Wildman–Crippen LogP) is 3.48. The van der Waals surface area contributed by atoms with Crippen LogP contribution >= 0.6 is 11.3 Å². The summed E-state index contributed by atoms with van der Waals surface area (Å²) in [5.41, 5.74) is 7.01. The topological polar surface area (TPSA) is 26.0 Å². The van der Waals surface area contributed by atoms with E-state index in [0.717, 1.165) is 18.4 Å². The minimum Gasteiger partial charge on any atom is -0.330 e. The molecule has 0 saturated heterocycles. The van der Waals surface area contributed by atoms with Gasteiger partial charge < -0.3 is 5.73 Å². The summed E-state index contributed by atoms with van der Waals surface area (Å²) < 4.78 is 0. The highest BCUT2D eigenvalue weighted by Crippen LogP contribution is 2.49. The Hall–Kier alpha value is -1.12. The Bertz CT molecular complexity index is 474. The van der Waals surface area contributed by atoms with Crippen LogP contribution in [0.3, 0.4) is 0 Å². The van der Waals surface area contributed by atoms with Crippen molar-refractivity contribution in [2.45, 2.75) is 12.3 Å². The zero-order chi connectivity index (χ0) is 11.0. The molecule has 1 aromatic carbocycles. The second kappa shape index (κ2) is 4.04. The molecule has 0 radical (unpaired) electrons. The van der Waals surface area contributed by atoms with Crippen molar-refractivity contribution < 1.29 is 0 Å². The molecule has 3 rings (SSSR count). The summed E-state index contributed by atoms with van der Waals surface area (Å²) in [6.45, 7) is 0.837. The van der Waals surface area contributed by atoms with Crippen LogP contribution in [0.15, 0.2) is 42.5 Å². The molecule has 2 heteroatoms. The van der Waals surface area contributed by atoms with Crippen molar-refractivity contribution >= 4 is 11.3 Å². The molecule has 0 unspecified atom stereocenters. The molecule has 1 nitrogen and oxygen atoms in total. The second-order valence-electron chi connectivity index (χ2n) is 4.41. The maximum atomic E-state index is 5.68. The first-order valence-electron chi connectivity index (χ1n) is 5.73. The van der Waals surface area contributed by atoms with Crippen LogP contribution in [0.1, 0.15) is 17.2 Å². The molecule has 0 spiro atoms. The highest BCUT2D eigenvalue weighted by atomic mass is 32.1. The second-order valence-corrected chi connectivity index (χ2v) is 5.52. The van der Waals surface area contributed by atoms with Crippen LogP contribution in [0.4, 0.5) is 0 Å². The van der Waals surface area contributed by atoms with Gasteiger partial charge in [-0.1, -0.05) is 30.3 Å². The highest BCUT2D eigenvalue weighted by Gasteiger charge is 2.37. The lowest BCUT2D eigenvalue weighted by molar-refractivity contribution is 0.815. The zero-order valence-corrected chi connectivity index (χ0v) is 9.91. The number of nitrogens with two attached hydrogens (primary N) is 1. The smallest absolute Gasteiger partial charge is 0.0345 e. The normalized spacial score (nSPS) is 23.3. The molecule has 1 heterocycles. The number of rotatable bonds is 3. The van der Waals surface area contributed by atoms with E-state index in [4.69, 9.17) is 5.73 Å². The van der Waals surface area contributed by atoms with Crippen LogP contribution in [0, 0.1) is 5.92 Å². The highest BCUT2D eigenvalue weighted by molar-refractivity contribution is 7.15. The van der Waals surface area contributed by atoms with Crippen LogP contribution in [0.5, 0.6) is 0 Å². The lowest BCUT2D eigenvalue weighted by atomic mass is 10.2. The van der Waals surface area contributed by atoms with Gasteiger partial charge in [-0.05, 0) is 42.5 Å². The fourth-order valence-electron chi connectivity index (χ4n) is 2.17. The van der Waals surface area contributed by atoms with Gasteiger partial charge in [-0.2, -0.15) is 0 Å². The van der Waals surface area contributed by atoms with Gasteiger partial charge in [0.15, 0.2) is 0 Å². The monoisotopic (exact) mass is 229 g/mol. The first-order valence-corrected chi connectivity index (χ1v) is 6.55. The molecule has 0 aliphatic heterocycles. The van der Waals surface area contributed by atoms with Gasteiger partial charge in [-0.15, -0.1) is 11.3 Å². The van der Waals surface area contributed by atoms with Crippen LogP contribution in [0.2, 0.25) is 0 Å². The first kappa shape index (κ1) is 10.1. The van der Waals surface area contributed by atoms with Gasteiger partial charge in [0.25, 0.3) is 0 Å². The van der Waals surface area contributed by atoms with Crippen molar-refractivity contribution in [3.8, 4) is 10.4 Å². The number of hydrogen-bond donors (Lipinski definition) is 1. The van der Waals surface area contributed by atoms with Crippen LogP contribution in [0.25, 0.3) is 10.4 Å². The average molecular weight is 229 g/mol. The van der Waals surface area contributed by atoms with E-state index in [2.05, 4.69) is 42.5 Å². The SMILES string of the molecule is NC[C@@H]1C[C@H]1c1ccc(-c2ccccc2)s1. The van der Waals surface area contributed by atoms with Crippen LogP contribution in [-0.4, -0.2) is 6.54 Å². The molecule has 1 aliphatic carbocycles. The van der Waals surface area contributed by atoms with E-state index in [-0.39, 0.29) is 0 Å². The fourth-order valence-corrected chi connectivity index (χ4v) is 3.39. The molecule has 0 amide bonds. The van der Waals surface area contributed by atoms with Gasteiger partial charge in [-0.25, -0.2) is 0 Å². The van der Waals surface area contributed by atoms with E-state index in [0.29, 0.717) is 0 Å². The molecular formula is C14H15NS. The van der Waals surface area contributed by atoms with Crippen molar-refractivity contribution in [3.63, 3.8) is 0 Å². The summed E-state index contributed by atoms with van der Waals surface area (Å²) in [7, 11) is 0. The maximum Gasteiger partial charge on any atom is 0.0345 e. The van der Waals surface area contributed by atoms with Crippen molar-refractivity contribution in [1.82, 2.24) is 0 Å². The minimum atomic E-state index is 0.738. The molecule has 16 heavy (non-hydrogen) atoms. The molecule has 1 aromatic heterocycles. The molecule has 2 atom stereocenters. The summed E-state index contributed by atoms with van der Waals surface area (Å²) in [4.78, 5) is 2.88. The Morgan fingerprint density at radius 3 is 2.62 bits per heavy atom. The van der Waals surface area contributed by atoms with Gasteiger partial charge in [0.1, 0.15) is 0 Å². The van der Waals surface area contributed by atoms with E-state index in [9.17, 15) is 0 Å². The Labute approximate surface area is 99.9 Å². The maximum absolute atomic E-state index is 5.68. The molecular weight excluding hydrogens is 214 g/mol. The van der Waals surface area contributed by atoms with Gasteiger partial charge in [0, 0.05) is 9.75 Å². The third kappa shape index (κ3) is 1.79. The molecule has 1 saturated carbocycles. The summed E-state index contributed by atoms with van der Waals surface area (Å²) in [6.07, 6.45) is 1.28. The minimum absolute atomic E-state index is 0.738. The van der Waals surface area contributed by atoms with Gasteiger partial charge in [-0.3, -0.25) is 0 Å². The van der Waals surface area contributed by atoms with E-state index < -0.39 is 0 Å². The fraction of sp³-hybridized carbons (Fsp3) is 0.286. The summed E-state index contributed by atoms with van der Waals surface area (Å²) in [5, 5.41) is 0. The molecule has 2 aromatic rings. The van der Waals surface area contributed by atoms with Crippen LogP contribution < -0.4 is 5.73 Å². The summed E-state index contributed by atoms with van der Waals surface area (Å²) in [6, 6.07) is 15.1. The van der Waals surface area contributed by atoms with Gasteiger partial charge >= 0.3 is 0 Å². The van der Waals surface area contributed by atoms with E-state index in [1.165, 1.54) is 21.7 Å². The third-order valence-corrected chi connectivity index (χ3v) is 4.54. The zero-order valence-electron chi connectivity index (χ0n) is 9.10. The van der Waals surface area contributed by atoms with Crippen molar-refractivity contribution in [2.24, 2.45) is 11.7 Å². The predicted molar refractivity (Wildman–Crippen MR) is 69.7 cm³/mol. The summed E-state index contributed by atoms with van der Waals surface area (Å²) >= 11 is 1.92. The standard InChI is InChI=1S/C14H15NS/c15-9-11-8-12(11)14-7-6-13(16-14)10-4-2-1-3-5-10/h1-7,11-12H,8-9,15H2/t11-,12+/m0/s1. The van der Waals surface area contributed by atoms with Crippen molar-refractivity contribution in [1.29, 1.82) is 0 Å². The Kier molecular flexibility index (Phi) is 2.54. The van der Waals surface area contributed by atoms with Crippen molar-refractivity contribution in [2.75, 3.05) is 6.54 Å². The summed E-state index contributed by atoms with van der Waals surface area (Å²) in [5.74, 6) is 1.48. The number of hydrogen-bond acceptors (Lipinski definition) is 2. The number of benzene rings is 1. The van der Waals surface area contributed by atoms with E-state index >= 15 is 0 Å². The largest absolute Gasteiger partial charge is 0.330 e. The van der Waals surface area contributed by atoms with Crippen LogP contribution in [-0.2, 0) is 0 Å². The quantitative estimate of drug-likeness (QED) is 0.856. The van der Waals surface area contributed by atoms with Gasteiger partial charge in [0.05, 0.1) is 0 Å². The lowest BCUT2D eigenvalue weighted by Gasteiger charge is -1.95. The van der Waals surface area contributed by atoms with Crippen molar-refractivity contribution in [3.05, 3.63) is 47.3 Å². The van der Waals surface area contributed by atoms with E-state index in [1.54, 1.807) is 0 Å². The number of thiophene rings is 1. The molecule has 1 aliphatic rings. The Balaban J connectivity index is 1.84. The van der Waals surface area contributed by atoms with E-state index in [1.807, 2.05) is 11.3 Å². The Morgan fingerprint density at radius 2 is 1.94 bits per heavy atom. The molecule has 82 valence electrons. The molecule has 1 fully saturated rings. The lowest BCUT2D eigenvalue weighted by Crippen LogP contribution is -2.01. The first-order chi connectivity index (χ1) is 7.88. The van der Waals surface area contributed by atoms with Gasteiger partial charge in [0.2, 0.25) is 0 Å².